The van der Waals surface area contributed by atoms with Crippen LogP contribution < -0.4 is 4.72 Å². The fourth-order valence-corrected chi connectivity index (χ4v) is 4.44. The first-order valence-electron chi connectivity index (χ1n) is 6.49. The number of nitrogens with zero attached hydrogens (tertiary/aromatic N) is 1. The van der Waals surface area contributed by atoms with Gasteiger partial charge < -0.3 is 5.11 Å². The Morgan fingerprint density at radius 1 is 1.14 bits per heavy atom. The highest BCUT2D eigenvalue weighted by atomic mass is 32.2. The molecule has 2 rings (SSSR count). The van der Waals surface area contributed by atoms with E-state index in [1.54, 1.807) is 0 Å². The fourth-order valence-electron chi connectivity index (χ4n) is 2.20. The van der Waals surface area contributed by atoms with E-state index in [-0.39, 0.29) is 16.3 Å². The Kier molecular flexibility index (Phi) is 4.69. The molecular formula is C12H18N2O5S2. The van der Waals surface area contributed by atoms with Crippen LogP contribution in [0.3, 0.4) is 0 Å². The second-order valence-corrected chi connectivity index (χ2v) is 8.66. The van der Waals surface area contributed by atoms with Crippen LogP contribution in [0.4, 0.5) is 0 Å². The van der Waals surface area contributed by atoms with Gasteiger partial charge in [0, 0.05) is 13.1 Å². The van der Waals surface area contributed by atoms with Crippen molar-refractivity contribution in [3.05, 3.63) is 24.3 Å². The van der Waals surface area contributed by atoms with E-state index >= 15 is 0 Å². The van der Waals surface area contributed by atoms with Crippen molar-refractivity contribution in [2.75, 3.05) is 20.1 Å². The molecule has 1 unspecified atom stereocenters. The Bertz CT molecular complexity index is 698. The van der Waals surface area contributed by atoms with E-state index < -0.39 is 26.2 Å². The van der Waals surface area contributed by atoms with Gasteiger partial charge in [0.15, 0.2) is 0 Å². The van der Waals surface area contributed by atoms with E-state index in [4.69, 9.17) is 0 Å². The summed E-state index contributed by atoms with van der Waals surface area (Å²) in [6.45, 7) is 0.425. The van der Waals surface area contributed by atoms with Crippen LogP contribution in [0.1, 0.15) is 12.8 Å². The number of aliphatic hydroxyl groups is 1. The number of benzene rings is 1. The van der Waals surface area contributed by atoms with Crippen molar-refractivity contribution in [1.82, 2.24) is 9.03 Å². The highest BCUT2D eigenvalue weighted by Gasteiger charge is 2.29. The number of hydrogen-bond donors (Lipinski definition) is 2. The molecule has 0 aliphatic carbocycles. The van der Waals surface area contributed by atoms with Gasteiger partial charge in [-0.1, -0.05) is 0 Å². The Morgan fingerprint density at radius 3 is 2.24 bits per heavy atom. The van der Waals surface area contributed by atoms with E-state index in [1.165, 1.54) is 35.6 Å². The van der Waals surface area contributed by atoms with Crippen LogP contribution in [0.2, 0.25) is 0 Å². The summed E-state index contributed by atoms with van der Waals surface area (Å²) >= 11 is 0. The van der Waals surface area contributed by atoms with Gasteiger partial charge >= 0.3 is 0 Å². The average Bonchev–Trinajstić information content (AvgIpc) is 2.47. The summed E-state index contributed by atoms with van der Waals surface area (Å²) in [6.07, 6.45) is 0.537. The standard InChI is InChI=1S/C12H18N2O5S2/c1-13-20(16,17)11-4-6-12(7-5-11)21(18,19)14-8-2-3-10(15)9-14/h4-7,10,13,15H,2-3,8-9H2,1H3. The highest BCUT2D eigenvalue weighted by molar-refractivity contribution is 7.89. The normalized spacial score (nSPS) is 21.3. The third kappa shape index (κ3) is 3.43. The van der Waals surface area contributed by atoms with Crippen LogP contribution in [0.5, 0.6) is 0 Å². The zero-order valence-electron chi connectivity index (χ0n) is 11.6. The van der Waals surface area contributed by atoms with Gasteiger partial charge in [-0.15, -0.1) is 0 Å². The molecule has 0 bridgehead atoms. The smallest absolute Gasteiger partial charge is 0.243 e. The van der Waals surface area contributed by atoms with Gasteiger partial charge in [-0.2, -0.15) is 4.31 Å². The number of aliphatic hydroxyl groups excluding tert-OH is 1. The van der Waals surface area contributed by atoms with Gasteiger partial charge in [0.25, 0.3) is 0 Å². The number of hydrogen-bond acceptors (Lipinski definition) is 5. The first kappa shape index (κ1) is 16.4. The zero-order valence-corrected chi connectivity index (χ0v) is 13.2. The third-order valence-corrected chi connectivity index (χ3v) is 6.71. The van der Waals surface area contributed by atoms with Gasteiger partial charge in [0.05, 0.1) is 15.9 Å². The van der Waals surface area contributed by atoms with Crippen molar-refractivity contribution in [2.45, 2.75) is 28.7 Å². The minimum absolute atomic E-state index is 0.00243. The van der Waals surface area contributed by atoms with Gasteiger partial charge in [-0.3, -0.25) is 0 Å². The first-order chi connectivity index (χ1) is 9.77. The summed E-state index contributed by atoms with van der Waals surface area (Å²) in [5.41, 5.74) is 0. The van der Waals surface area contributed by atoms with Gasteiger partial charge in [0.2, 0.25) is 20.0 Å². The molecule has 7 nitrogen and oxygen atoms in total. The van der Waals surface area contributed by atoms with Crippen LogP contribution >= 0.6 is 0 Å². The molecule has 0 spiro atoms. The lowest BCUT2D eigenvalue weighted by Crippen LogP contribution is -2.42. The maximum absolute atomic E-state index is 12.4. The van der Waals surface area contributed by atoms with Crippen LogP contribution in [0.15, 0.2) is 34.1 Å². The average molecular weight is 334 g/mol. The molecule has 2 N–H and O–H groups in total. The topological polar surface area (TPSA) is 104 Å². The molecule has 1 aromatic carbocycles. The van der Waals surface area contributed by atoms with Crippen LogP contribution in [-0.2, 0) is 20.0 Å². The maximum atomic E-state index is 12.4. The van der Waals surface area contributed by atoms with Crippen molar-refractivity contribution in [3.8, 4) is 0 Å². The molecule has 21 heavy (non-hydrogen) atoms. The second-order valence-electron chi connectivity index (χ2n) is 4.84. The van der Waals surface area contributed by atoms with E-state index in [2.05, 4.69) is 4.72 Å². The molecule has 9 heteroatoms. The summed E-state index contributed by atoms with van der Waals surface area (Å²) in [5.74, 6) is 0. The van der Waals surface area contributed by atoms with E-state index in [0.29, 0.717) is 19.4 Å². The highest BCUT2D eigenvalue weighted by Crippen LogP contribution is 2.22. The van der Waals surface area contributed by atoms with Gasteiger partial charge in [-0.25, -0.2) is 21.6 Å². The van der Waals surface area contributed by atoms with Crippen molar-refractivity contribution < 1.29 is 21.9 Å². The monoisotopic (exact) mass is 334 g/mol. The van der Waals surface area contributed by atoms with Crippen LogP contribution in [0.25, 0.3) is 0 Å². The lowest BCUT2D eigenvalue weighted by molar-refractivity contribution is 0.108. The minimum Gasteiger partial charge on any atom is -0.392 e. The van der Waals surface area contributed by atoms with E-state index in [1.807, 2.05) is 0 Å². The maximum Gasteiger partial charge on any atom is 0.243 e. The Labute approximate surface area is 124 Å². The first-order valence-corrected chi connectivity index (χ1v) is 9.41. The lowest BCUT2D eigenvalue weighted by atomic mass is 10.1. The number of β-amino-alcohol motifs (C(OH)–C–C–N with tert-alkyl or cyclic N) is 1. The lowest BCUT2D eigenvalue weighted by Gasteiger charge is -2.29. The molecule has 0 amide bonds. The molecule has 1 fully saturated rings. The number of nitrogens with one attached hydrogen (secondary N) is 1. The summed E-state index contributed by atoms with van der Waals surface area (Å²) < 4.78 is 51.4. The molecular weight excluding hydrogens is 316 g/mol. The third-order valence-electron chi connectivity index (χ3n) is 3.40. The molecule has 0 radical (unpaired) electrons. The SMILES string of the molecule is CNS(=O)(=O)c1ccc(S(=O)(=O)N2CCCC(O)C2)cc1. The van der Waals surface area contributed by atoms with Crippen LogP contribution in [0, 0.1) is 0 Å². The molecule has 1 atom stereocenters. The van der Waals surface area contributed by atoms with Crippen molar-refractivity contribution >= 4 is 20.0 Å². The quantitative estimate of drug-likeness (QED) is 0.789. The fraction of sp³-hybridized carbons (Fsp3) is 0.500. The van der Waals surface area contributed by atoms with Gasteiger partial charge in [0.1, 0.15) is 0 Å². The molecule has 1 heterocycles. The number of sulfonamides is 2. The van der Waals surface area contributed by atoms with Crippen LogP contribution in [-0.4, -0.2) is 52.5 Å². The Morgan fingerprint density at radius 2 is 1.71 bits per heavy atom. The number of piperidine rings is 1. The van der Waals surface area contributed by atoms with E-state index in [9.17, 15) is 21.9 Å². The molecule has 1 aromatic rings. The molecule has 0 aromatic heterocycles. The number of rotatable bonds is 4. The summed E-state index contributed by atoms with van der Waals surface area (Å²) in [5, 5.41) is 9.58. The van der Waals surface area contributed by atoms with Gasteiger partial charge in [-0.05, 0) is 44.2 Å². The van der Waals surface area contributed by atoms with E-state index in [0.717, 1.165) is 0 Å². The Balaban J connectivity index is 2.29. The summed E-state index contributed by atoms with van der Waals surface area (Å²) in [7, 11) is -6.01. The van der Waals surface area contributed by atoms with Crippen molar-refractivity contribution in [1.29, 1.82) is 0 Å². The largest absolute Gasteiger partial charge is 0.392 e. The molecule has 118 valence electrons. The predicted octanol–water partition coefficient (Wildman–Crippen LogP) is -0.260. The zero-order chi connectivity index (χ0) is 15.7. The second kappa shape index (κ2) is 6.01. The Hall–Kier alpha value is -1.00. The predicted molar refractivity (Wildman–Crippen MR) is 76.7 cm³/mol. The summed E-state index contributed by atoms with van der Waals surface area (Å²) in [4.78, 5) is 0.0225. The molecule has 1 saturated heterocycles. The summed E-state index contributed by atoms with van der Waals surface area (Å²) in [6, 6.07) is 5.03. The molecule has 0 saturated carbocycles. The van der Waals surface area contributed by atoms with Crippen molar-refractivity contribution in [3.63, 3.8) is 0 Å². The molecule has 1 aliphatic heterocycles. The molecule has 1 aliphatic rings. The van der Waals surface area contributed by atoms with Crippen molar-refractivity contribution in [2.24, 2.45) is 0 Å². The minimum atomic E-state index is -3.71.